The Morgan fingerprint density at radius 3 is 2.09 bits per heavy atom. The van der Waals surface area contributed by atoms with Gasteiger partial charge in [0, 0.05) is 13.1 Å². The largest absolute Gasteiger partial charge is 0.252 e. The number of benzene rings is 1. The number of hydrogen-bond donors (Lipinski definition) is 1. The molecule has 0 radical (unpaired) electrons. The fraction of sp³-hybridized carbons (Fsp3) is 0.231. The SMILES string of the molecule is C[C@H](c1ccc(S(N)(=O)=O)cc1)N(C)S(=O)(=O)c1ccc(Br)s1. The lowest BCUT2D eigenvalue weighted by Gasteiger charge is -2.24. The van der Waals surface area contributed by atoms with Crippen LogP contribution in [0.15, 0.2) is 49.3 Å². The summed E-state index contributed by atoms with van der Waals surface area (Å²) in [7, 11) is -5.91. The van der Waals surface area contributed by atoms with Crippen LogP contribution in [0.4, 0.5) is 0 Å². The number of rotatable bonds is 5. The zero-order valence-electron chi connectivity index (χ0n) is 12.3. The van der Waals surface area contributed by atoms with Gasteiger partial charge in [0.05, 0.1) is 8.68 Å². The van der Waals surface area contributed by atoms with Gasteiger partial charge in [0.1, 0.15) is 4.21 Å². The molecular formula is C13H15BrN2O4S3. The first-order valence-corrected chi connectivity index (χ1v) is 11.0. The lowest BCUT2D eigenvalue weighted by molar-refractivity contribution is 0.399. The van der Waals surface area contributed by atoms with E-state index in [1.54, 1.807) is 25.1 Å². The topological polar surface area (TPSA) is 97.5 Å². The molecule has 0 unspecified atom stereocenters. The van der Waals surface area contributed by atoms with Crippen LogP contribution in [0.25, 0.3) is 0 Å². The smallest absolute Gasteiger partial charge is 0.225 e. The third-order valence-electron chi connectivity index (χ3n) is 3.42. The Morgan fingerprint density at radius 2 is 1.65 bits per heavy atom. The first kappa shape index (κ1) is 18.6. The molecule has 0 spiro atoms. The summed E-state index contributed by atoms with van der Waals surface area (Å²) in [6, 6.07) is 8.60. The molecule has 0 bridgehead atoms. The molecule has 2 N–H and O–H groups in total. The zero-order chi connectivity index (χ0) is 17.4. The molecule has 0 amide bonds. The molecule has 0 aliphatic rings. The maximum absolute atomic E-state index is 12.6. The van der Waals surface area contributed by atoms with Crippen molar-refractivity contribution >= 4 is 47.3 Å². The van der Waals surface area contributed by atoms with E-state index in [2.05, 4.69) is 15.9 Å². The van der Waals surface area contributed by atoms with E-state index in [0.29, 0.717) is 5.56 Å². The third-order valence-corrected chi connectivity index (χ3v) is 8.37. The van der Waals surface area contributed by atoms with Gasteiger partial charge in [0.25, 0.3) is 10.0 Å². The van der Waals surface area contributed by atoms with Crippen LogP contribution < -0.4 is 5.14 Å². The van der Waals surface area contributed by atoms with E-state index in [0.717, 1.165) is 15.1 Å². The summed E-state index contributed by atoms with van der Waals surface area (Å²) >= 11 is 4.38. The van der Waals surface area contributed by atoms with Gasteiger partial charge in [-0.3, -0.25) is 0 Å². The van der Waals surface area contributed by atoms with E-state index in [-0.39, 0.29) is 9.10 Å². The van der Waals surface area contributed by atoms with Crippen molar-refractivity contribution in [3.05, 3.63) is 45.7 Å². The van der Waals surface area contributed by atoms with Crippen LogP contribution in [-0.2, 0) is 20.0 Å². The Labute approximate surface area is 148 Å². The van der Waals surface area contributed by atoms with Gasteiger partial charge in [-0.25, -0.2) is 22.0 Å². The van der Waals surface area contributed by atoms with Gasteiger partial charge in [0.2, 0.25) is 10.0 Å². The fourth-order valence-corrected chi connectivity index (χ4v) is 5.99. The average Bonchev–Trinajstić information content (AvgIpc) is 2.92. The van der Waals surface area contributed by atoms with E-state index < -0.39 is 26.1 Å². The number of primary sulfonamides is 1. The minimum absolute atomic E-state index is 0.0128. The minimum Gasteiger partial charge on any atom is -0.225 e. The standard InChI is InChI=1S/C13H15BrN2O4S3/c1-9(10-3-5-11(6-4-10)22(15,17)18)16(2)23(19,20)13-8-7-12(14)21-13/h3-9H,1-2H3,(H2,15,17,18)/t9-/m1/s1. The molecule has 1 atom stereocenters. The van der Waals surface area contributed by atoms with Crippen LogP contribution in [0, 0.1) is 0 Å². The number of sulfonamides is 2. The number of thiophene rings is 1. The van der Waals surface area contributed by atoms with Crippen molar-refractivity contribution in [2.75, 3.05) is 7.05 Å². The second kappa shape index (κ2) is 6.61. The summed E-state index contributed by atoms with van der Waals surface area (Å²) in [5.41, 5.74) is 0.666. The number of halogens is 1. The van der Waals surface area contributed by atoms with Gasteiger partial charge in [-0.15, -0.1) is 11.3 Å². The number of nitrogens with two attached hydrogens (primary N) is 1. The van der Waals surface area contributed by atoms with Gasteiger partial charge >= 0.3 is 0 Å². The highest BCUT2D eigenvalue weighted by molar-refractivity contribution is 9.11. The third kappa shape index (κ3) is 4.01. The summed E-state index contributed by atoms with van der Waals surface area (Å²) in [5, 5.41) is 5.05. The normalized spacial score (nSPS) is 14.1. The van der Waals surface area contributed by atoms with Crippen LogP contribution in [-0.4, -0.2) is 28.2 Å². The zero-order valence-corrected chi connectivity index (χ0v) is 16.3. The maximum Gasteiger partial charge on any atom is 0.252 e. The van der Waals surface area contributed by atoms with Gasteiger partial charge in [-0.1, -0.05) is 12.1 Å². The molecule has 0 aliphatic heterocycles. The highest BCUT2D eigenvalue weighted by atomic mass is 79.9. The maximum atomic E-state index is 12.6. The first-order valence-electron chi connectivity index (χ1n) is 6.39. The predicted molar refractivity (Wildman–Crippen MR) is 93.2 cm³/mol. The van der Waals surface area contributed by atoms with Crippen LogP contribution >= 0.6 is 27.3 Å². The molecule has 1 heterocycles. The van der Waals surface area contributed by atoms with E-state index >= 15 is 0 Å². The van der Waals surface area contributed by atoms with Crippen molar-refractivity contribution in [1.29, 1.82) is 0 Å². The molecule has 0 aliphatic carbocycles. The highest BCUT2D eigenvalue weighted by Crippen LogP contribution is 2.32. The lowest BCUT2D eigenvalue weighted by atomic mass is 10.1. The van der Waals surface area contributed by atoms with Crippen LogP contribution in [0.1, 0.15) is 18.5 Å². The molecule has 1 aromatic heterocycles. The molecule has 2 aromatic rings. The summed E-state index contributed by atoms with van der Waals surface area (Å²) in [4.78, 5) is -0.0128. The molecule has 126 valence electrons. The van der Waals surface area contributed by atoms with Crippen molar-refractivity contribution in [2.45, 2.75) is 22.1 Å². The number of hydrogen-bond acceptors (Lipinski definition) is 5. The molecule has 0 fully saturated rings. The molecule has 23 heavy (non-hydrogen) atoms. The molecule has 1 aromatic carbocycles. The van der Waals surface area contributed by atoms with Crippen molar-refractivity contribution in [3.63, 3.8) is 0 Å². The van der Waals surface area contributed by atoms with E-state index in [1.807, 2.05) is 0 Å². The van der Waals surface area contributed by atoms with Crippen LogP contribution in [0.2, 0.25) is 0 Å². The van der Waals surface area contributed by atoms with Crippen LogP contribution in [0.5, 0.6) is 0 Å². The average molecular weight is 439 g/mol. The van der Waals surface area contributed by atoms with Crippen molar-refractivity contribution < 1.29 is 16.8 Å². The van der Waals surface area contributed by atoms with Gasteiger partial charge in [-0.05, 0) is 52.7 Å². The highest BCUT2D eigenvalue weighted by Gasteiger charge is 2.27. The summed E-state index contributed by atoms with van der Waals surface area (Å²) < 4.78 is 49.9. The second-order valence-electron chi connectivity index (χ2n) is 4.87. The molecule has 6 nitrogen and oxygen atoms in total. The predicted octanol–water partition coefficient (Wildman–Crippen LogP) is 2.54. The monoisotopic (exact) mass is 438 g/mol. The molecular weight excluding hydrogens is 424 g/mol. The molecule has 2 rings (SSSR count). The summed E-state index contributed by atoms with van der Waals surface area (Å²) in [5.74, 6) is 0. The molecule has 0 saturated carbocycles. The van der Waals surface area contributed by atoms with Crippen molar-refractivity contribution in [2.24, 2.45) is 5.14 Å². The molecule has 0 saturated heterocycles. The quantitative estimate of drug-likeness (QED) is 0.774. The fourth-order valence-electron chi connectivity index (χ4n) is 1.93. The van der Waals surface area contributed by atoms with Gasteiger partial charge in [0.15, 0.2) is 0 Å². The van der Waals surface area contributed by atoms with Crippen molar-refractivity contribution in [1.82, 2.24) is 4.31 Å². The Balaban J connectivity index is 2.31. The summed E-state index contributed by atoms with van der Waals surface area (Å²) in [6.07, 6.45) is 0. The Kier molecular flexibility index (Phi) is 5.34. The van der Waals surface area contributed by atoms with E-state index in [4.69, 9.17) is 5.14 Å². The Morgan fingerprint density at radius 1 is 1.09 bits per heavy atom. The lowest BCUT2D eigenvalue weighted by Crippen LogP contribution is -2.29. The molecule has 10 heteroatoms. The Bertz CT molecular complexity index is 905. The van der Waals surface area contributed by atoms with Gasteiger partial charge < -0.3 is 0 Å². The second-order valence-corrected chi connectivity index (χ2v) is 11.1. The van der Waals surface area contributed by atoms with E-state index in [9.17, 15) is 16.8 Å². The minimum atomic E-state index is -3.77. The van der Waals surface area contributed by atoms with Crippen molar-refractivity contribution in [3.8, 4) is 0 Å². The number of nitrogens with zero attached hydrogens (tertiary/aromatic N) is 1. The summed E-state index contributed by atoms with van der Waals surface area (Å²) in [6.45, 7) is 1.73. The first-order chi connectivity index (χ1) is 10.5. The van der Waals surface area contributed by atoms with Crippen LogP contribution in [0.3, 0.4) is 0 Å². The van der Waals surface area contributed by atoms with Gasteiger partial charge in [-0.2, -0.15) is 4.31 Å². The Hall–Kier alpha value is -0.780. The van der Waals surface area contributed by atoms with E-state index in [1.165, 1.54) is 29.6 Å².